The molecule has 3 saturated heterocycles. The highest BCUT2D eigenvalue weighted by molar-refractivity contribution is 5.94. The van der Waals surface area contributed by atoms with Crippen LogP contribution >= 0.6 is 0 Å². The van der Waals surface area contributed by atoms with E-state index in [-0.39, 0.29) is 5.91 Å². The van der Waals surface area contributed by atoms with Gasteiger partial charge in [-0.2, -0.15) is 0 Å². The number of nitrogens with zero attached hydrogens (tertiary/aromatic N) is 2. The van der Waals surface area contributed by atoms with Crippen LogP contribution in [0, 0.1) is 0 Å². The van der Waals surface area contributed by atoms with E-state index in [1.165, 1.54) is 24.9 Å². The Balaban J connectivity index is 1.37. The van der Waals surface area contributed by atoms with Gasteiger partial charge in [-0.05, 0) is 69.2 Å². The highest BCUT2D eigenvalue weighted by atomic mass is 16.5. The molecule has 1 atom stereocenters. The third-order valence-electron chi connectivity index (χ3n) is 6.35. The fourth-order valence-corrected chi connectivity index (χ4v) is 4.63. The minimum Gasteiger partial charge on any atom is -0.390 e. The van der Waals surface area contributed by atoms with Gasteiger partial charge < -0.3 is 19.6 Å². The van der Waals surface area contributed by atoms with Crippen molar-refractivity contribution in [3.05, 3.63) is 29.8 Å². The molecule has 26 heavy (non-hydrogen) atoms. The predicted octanol–water partition coefficient (Wildman–Crippen LogP) is 2.82. The Labute approximate surface area is 155 Å². The monoisotopic (exact) mass is 358 g/mol. The summed E-state index contributed by atoms with van der Waals surface area (Å²) >= 11 is 0. The second kappa shape index (κ2) is 7.57. The number of rotatable bonds is 2. The number of anilines is 1. The quantitative estimate of drug-likeness (QED) is 0.883. The van der Waals surface area contributed by atoms with Crippen LogP contribution in [0.4, 0.5) is 5.69 Å². The summed E-state index contributed by atoms with van der Waals surface area (Å²) in [4.78, 5) is 17.2. The van der Waals surface area contributed by atoms with E-state index in [9.17, 15) is 9.90 Å². The van der Waals surface area contributed by atoms with Crippen LogP contribution in [0.25, 0.3) is 0 Å². The summed E-state index contributed by atoms with van der Waals surface area (Å²) in [6.07, 6.45) is 6.63. The van der Waals surface area contributed by atoms with E-state index in [0.717, 1.165) is 50.9 Å². The molecule has 0 saturated carbocycles. The van der Waals surface area contributed by atoms with Crippen molar-refractivity contribution in [3.63, 3.8) is 0 Å². The number of aliphatic hydroxyl groups is 1. The first kappa shape index (κ1) is 17.8. The number of hydrogen-bond acceptors (Lipinski definition) is 4. The van der Waals surface area contributed by atoms with Crippen LogP contribution in [-0.2, 0) is 4.74 Å². The van der Waals surface area contributed by atoms with Gasteiger partial charge in [-0.3, -0.25) is 4.79 Å². The molecule has 1 aromatic carbocycles. The summed E-state index contributed by atoms with van der Waals surface area (Å²) in [5, 5.41) is 10.3. The molecule has 0 aliphatic carbocycles. The first-order chi connectivity index (χ1) is 12.7. The molecular formula is C21H30N2O3. The SMILES string of the molecule is O=C(c1ccc(N2CCCCC2)cc1)N1CCC2(CC1)OCCC[C@H]2O. The normalized spacial score (nSPS) is 26.1. The first-order valence-electron chi connectivity index (χ1n) is 10.1. The fraction of sp³-hybridized carbons (Fsp3) is 0.667. The van der Waals surface area contributed by atoms with Gasteiger partial charge in [0.05, 0.1) is 11.7 Å². The Morgan fingerprint density at radius 2 is 1.69 bits per heavy atom. The summed E-state index contributed by atoms with van der Waals surface area (Å²) in [5.41, 5.74) is 1.55. The number of carbonyl (C=O) groups is 1. The highest BCUT2D eigenvalue weighted by Gasteiger charge is 2.44. The van der Waals surface area contributed by atoms with E-state index in [1.807, 2.05) is 17.0 Å². The van der Waals surface area contributed by atoms with Crippen molar-refractivity contribution in [1.82, 2.24) is 4.90 Å². The number of piperidine rings is 2. The zero-order chi connectivity index (χ0) is 18.0. The van der Waals surface area contributed by atoms with Crippen LogP contribution in [0.1, 0.15) is 55.3 Å². The number of amides is 1. The molecule has 1 N–H and O–H groups in total. The Bertz CT molecular complexity index is 617. The Hall–Kier alpha value is -1.59. The molecule has 5 nitrogen and oxygen atoms in total. The van der Waals surface area contributed by atoms with Crippen LogP contribution < -0.4 is 4.90 Å². The van der Waals surface area contributed by atoms with E-state index in [4.69, 9.17) is 4.74 Å². The highest BCUT2D eigenvalue weighted by Crippen LogP contribution is 2.35. The van der Waals surface area contributed by atoms with Gasteiger partial charge >= 0.3 is 0 Å². The molecule has 5 heteroatoms. The minimum atomic E-state index is -0.423. The molecule has 3 fully saturated rings. The van der Waals surface area contributed by atoms with Crippen molar-refractivity contribution in [2.24, 2.45) is 0 Å². The number of benzene rings is 1. The van der Waals surface area contributed by atoms with Crippen LogP contribution in [0.15, 0.2) is 24.3 Å². The Kier molecular flexibility index (Phi) is 5.18. The van der Waals surface area contributed by atoms with Gasteiger partial charge in [0.1, 0.15) is 0 Å². The fourth-order valence-electron chi connectivity index (χ4n) is 4.63. The van der Waals surface area contributed by atoms with Crippen LogP contribution in [0.5, 0.6) is 0 Å². The molecular weight excluding hydrogens is 328 g/mol. The standard InChI is InChI=1S/C21H30N2O3/c24-19-5-4-16-26-21(19)10-14-23(15-11-21)20(25)17-6-8-18(9-7-17)22-12-2-1-3-13-22/h6-9,19,24H,1-5,10-16H2/t19-/m1/s1. The lowest BCUT2D eigenvalue weighted by atomic mass is 9.82. The lowest BCUT2D eigenvalue weighted by Crippen LogP contribution is -2.56. The molecule has 3 aliphatic heterocycles. The molecule has 0 bridgehead atoms. The summed E-state index contributed by atoms with van der Waals surface area (Å²) in [5.74, 6) is 0.0929. The maximum atomic E-state index is 12.8. The molecule has 3 aliphatic rings. The van der Waals surface area contributed by atoms with Crippen molar-refractivity contribution in [3.8, 4) is 0 Å². The third kappa shape index (κ3) is 3.47. The smallest absolute Gasteiger partial charge is 0.253 e. The molecule has 0 radical (unpaired) electrons. The predicted molar refractivity (Wildman–Crippen MR) is 102 cm³/mol. The molecule has 0 unspecified atom stereocenters. The van der Waals surface area contributed by atoms with Crippen molar-refractivity contribution in [2.75, 3.05) is 37.7 Å². The summed E-state index contributed by atoms with van der Waals surface area (Å²) < 4.78 is 5.94. The lowest BCUT2D eigenvalue weighted by Gasteiger charge is -2.46. The topological polar surface area (TPSA) is 53.0 Å². The van der Waals surface area contributed by atoms with Gasteiger partial charge in [-0.1, -0.05) is 0 Å². The third-order valence-corrected chi connectivity index (χ3v) is 6.35. The largest absolute Gasteiger partial charge is 0.390 e. The minimum absolute atomic E-state index is 0.0929. The number of aliphatic hydroxyl groups excluding tert-OH is 1. The van der Waals surface area contributed by atoms with Crippen molar-refractivity contribution < 1.29 is 14.6 Å². The molecule has 3 heterocycles. The van der Waals surface area contributed by atoms with Crippen molar-refractivity contribution in [2.45, 2.75) is 56.7 Å². The van der Waals surface area contributed by atoms with E-state index in [1.54, 1.807) is 0 Å². The summed E-state index contributed by atoms with van der Waals surface area (Å²) in [7, 11) is 0. The zero-order valence-corrected chi connectivity index (χ0v) is 15.5. The Morgan fingerprint density at radius 1 is 1.00 bits per heavy atom. The first-order valence-corrected chi connectivity index (χ1v) is 10.1. The van der Waals surface area contributed by atoms with Crippen LogP contribution in [0.3, 0.4) is 0 Å². The van der Waals surface area contributed by atoms with E-state index in [0.29, 0.717) is 13.1 Å². The second-order valence-electron chi connectivity index (χ2n) is 7.96. The van der Waals surface area contributed by atoms with E-state index in [2.05, 4.69) is 17.0 Å². The molecule has 1 aromatic rings. The van der Waals surface area contributed by atoms with Crippen molar-refractivity contribution in [1.29, 1.82) is 0 Å². The zero-order valence-electron chi connectivity index (χ0n) is 15.5. The maximum absolute atomic E-state index is 12.8. The molecule has 142 valence electrons. The number of carbonyl (C=O) groups excluding carboxylic acids is 1. The van der Waals surface area contributed by atoms with Crippen LogP contribution in [-0.4, -0.2) is 60.4 Å². The van der Waals surface area contributed by atoms with E-state index >= 15 is 0 Å². The number of likely N-dealkylation sites (tertiary alicyclic amines) is 1. The summed E-state index contributed by atoms with van der Waals surface area (Å²) in [6, 6.07) is 8.08. The van der Waals surface area contributed by atoms with Gasteiger partial charge in [0.25, 0.3) is 5.91 Å². The number of ether oxygens (including phenoxy) is 1. The summed E-state index contributed by atoms with van der Waals surface area (Å²) in [6.45, 7) is 4.27. The molecule has 1 amide bonds. The number of hydrogen-bond donors (Lipinski definition) is 1. The van der Waals surface area contributed by atoms with E-state index < -0.39 is 11.7 Å². The van der Waals surface area contributed by atoms with Crippen molar-refractivity contribution >= 4 is 11.6 Å². The Morgan fingerprint density at radius 3 is 2.35 bits per heavy atom. The average Bonchev–Trinajstić information content (AvgIpc) is 2.71. The maximum Gasteiger partial charge on any atom is 0.253 e. The second-order valence-corrected chi connectivity index (χ2v) is 7.96. The van der Waals surface area contributed by atoms with Gasteiger partial charge in [-0.25, -0.2) is 0 Å². The molecule has 1 spiro atoms. The molecule has 0 aromatic heterocycles. The lowest BCUT2D eigenvalue weighted by molar-refractivity contribution is -0.174. The van der Waals surface area contributed by atoms with Gasteiger partial charge in [0, 0.05) is 44.0 Å². The van der Waals surface area contributed by atoms with Gasteiger partial charge in [0.15, 0.2) is 0 Å². The molecule has 4 rings (SSSR count). The average molecular weight is 358 g/mol. The van der Waals surface area contributed by atoms with Gasteiger partial charge in [0.2, 0.25) is 0 Å². The van der Waals surface area contributed by atoms with Gasteiger partial charge in [-0.15, -0.1) is 0 Å². The van der Waals surface area contributed by atoms with Crippen LogP contribution in [0.2, 0.25) is 0 Å².